The van der Waals surface area contributed by atoms with Gasteiger partial charge in [0.05, 0.1) is 19.7 Å². The molecule has 0 aliphatic heterocycles. The fourth-order valence-corrected chi connectivity index (χ4v) is 1.83. The number of amides is 1. The van der Waals surface area contributed by atoms with Crippen molar-refractivity contribution >= 4 is 18.3 Å². The van der Waals surface area contributed by atoms with Crippen molar-refractivity contribution in [1.82, 2.24) is 10.6 Å². The molecule has 0 spiro atoms. The van der Waals surface area contributed by atoms with Crippen molar-refractivity contribution < 1.29 is 9.53 Å². The highest BCUT2D eigenvalue weighted by molar-refractivity contribution is 5.85. The molecule has 0 bridgehead atoms. The molecule has 0 radical (unpaired) electrons. The third-order valence-electron chi connectivity index (χ3n) is 2.80. The van der Waals surface area contributed by atoms with Crippen LogP contribution in [-0.2, 0) is 4.79 Å². The van der Waals surface area contributed by atoms with E-state index in [4.69, 9.17) is 4.74 Å². The molecule has 1 unspecified atom stereocenters. The molecule has 1 atom stereocenters. The number of benzene rings is 1. The molecule has 0 aliphatic rings. The zero-order valence-electron chi connectivity index (χ0n) is 11.9. The van der Waals surface area contributed by atoms with Gasteiger partial charge in [-0.15, -0.1) is 12.4 Å². The number of ether oxygens (including phenoxy) is 1. The molecule has 0 heterocycles. The van der Waals surface area contributed by atoms with Gasteiger partial charge in [0, 0.05) is 0 Å². The monoisotopic (exact) mass is 286 g/mol. The number of carbonyl (C=O) groups is 1. The average Bonchev–Trinajstić information content (AvgIpc) is 2.36. The van der Waals surface area contributed by atoms with Crippen molar-refractivity contribution in [3.8, 4) is 5.75 Å². The lowest BCUT2D eigenvalue weighted by atomic mass is 9.96. The molecular weight excluding hydrogens is 264 g/mol. The summed E-state index contributed by atoms with van der Waals surface area (Å²) in [7, 11) is 3.40. The lowest BCUT2D eigenvalue weighted by Crippen LogP contribution is -2.37. The summed E-state index contributed by atoms with van der Waals surface area (Å²) in [4.78, 5) is 11.7. The fraction of sp³-hybridized carbons (Fsp3) is 0.500. The van der Waals surface area contributed by atoms with Gasteiger partial charge in [-0.05, 0) is 30.7 Å². The van der Waals surface area contributed by atoms with Gasteiger partial charge in [0.2, 0.25) is 5.91 Å². The number of rotatable bonds is 6. The molecule has 0 aliphatic carbocycles. The van der Waals surface area contributed by atoms with Crippen LogP contribution >= 0.6 is 12.4 Å². The standard InChI is InChI=1S/C14H22N2O2.ClH/c1-10(2)14(16-13(17)9-15-3)11-5-7-12(18-4)8-6-11;/h5-8,10,14-15H,9H2,1-4H3,(H,16,17);1H. The summed E-state index contributed by atoms with van der Waals surface area (Å²) in [6.45, 7) is 4.52. The number of hydrogen-bond donors (Lipinski definition) is 2. The van der Waals surface area contributed by atoms with Crippen molar-refractivity contribution in [3.05, 3.63) is 29.8 Å². The molecule has 1 rings (SSSR count). The van der Waals surface area contributed by atoms with Crippen LogP contribution in [0.4, 0.5) is 0 Å². The van der Waals surface area contributed by atoms with Gasteiger partial charge >= 0.3 is 0 Å². The Balaban J connectivity index is 0.00000324. The van der Waals surface area contributed by atoms with Crippen LogP contribution in [0.1, 0.15) is 25.5 Å². The molecule has 108 valence electrons. The summed E-state index contributed by atoms with van der Waals surface area (Å²) in [6, 6.07) is 7.83. The maximum atomic E-state index is 11.7. The molecule has 2 N–H and O–H groups in total. The zero-order valence-corrected chi connectivity index (χ0v) is 12.7. The van der Waals surface area contributed by atoms with Crippen LogP contribution in [0.3, 0.4) is 0 Å². The molecule has 4 nitrogen and oxygen atoms in total. The maximum absolute atomic E-state index is 11.7. The van der Waals surface area contributed by atoms with Gasteiger partial charge in [-0.2, -0.15) is 0 Å². The van der Waals surface area contributed by atoms with E-state index in [1.807, 2.05) is 24.3 Å². The average molecular weight is 287 g/mol. The molecule has 5 heteroatoms. The largest absolute Gasteiger partial charge is 0.497 e. The number of carbonyl (C=O) groups excluding carboxylic acids is 1. The Kier molecular flexibility index (Phi) is 8.19. The highest BCUT2D eigenvalue weighted by atomic mass is 35.5. The minimum absolute atomic E-state index is 0. The van der Waals surface area contributed by atoms with Crippen LogP contribution in [0.15, 0.2) is 24.3 Å². The zero-order chi connectivity index (χ0) is 13.5. The second-order valence-corrected chi connectivity index (χ2v) is 4.59. The van der Waals surface area contributed by atoms with Gasteiger partial charge in [0.15, 0.2) is 0 Å². The van der Waals surface area contributed by atoms with Crippen LogP contribution in [0.2, 0.25) is 0 Å². The highest BCUT2D eigenvalue weighted by Crippen LogP contribution is 2.23. The third kappa shape index (κ3) is 5.49. The van der Waals surface area contributed by atoms with E-state index < -0.39 is 0 Å². The normalized spacial score (nSPS) is 11.6. The summed E-state index contributed by atoms with van der Waals surface area (Å²) >= 11 is 0. The van der Waals surface area contributed by atoms with E-state index in [0.29, 0.717) is 12.5 Å². The van der Waals surface area contributed by atoms with E-state index >= 15 is 0 Å². The molecule has 19 heavy (non-hydrogen) atoms. The first-order valence-electron chi connectivity index (χ1n) is 6.16. The Bertz CT molecular complexity index is 380. The van der Waals surface area contributed by atoms with E-state index in [0.717, 1.165) is 11.3 Å². The van der Waals surface area contributed by atoms with Gasteiger partial charge in [0.25, 0.3) is 0 Å². The minimum atomic E-state index is 0. The maximum Gasteiger partial charge on any atom is 0.234 e. The van der Waals surface area contributed by atoms with Gasteiger partial charge in [-0.3, -0.25) is 4.79 Å². The third-order valence-corrected chi connectivity index (χ3v) is 2.80. The molecule has 1 aromatic rings. The van der Waals surface area contributed by atoms with Gasteiger partial charge in [0.1, 0.15) is 5.75 Å². The van der Waals surface area contributed by atoms with E-state index in [9.17, 15) is 4.79 Å². The lowest BCUT2D eigenvalue weighted by Gasteiger charge is -2.23. The Morgan fingerprint density at radius 3 is 2.26 bits per heavy atom. The summed E-state index contributed by atoms with van der Waals surface area (Å²) in [5, 5.41) is 5.88. The van der Waals surface area contributed by atoms with Crippen molar-refractivity contribution in [2.75, 3.05) is 20.7 Å². The van der Waals surface area contributed by atoms with Gasteiger partial charge < -0.3 is 15.4 Å². The molecule has 0 saturated carbocycles. The molecule has 1 amide bonds. The van der Waals surface area contributed by atoms with E-state index in [2.05, 4.69) is 24.5 Å². The molecule has 1 aromatic carbocycles. The predicted octanol–water partition coefficient (Wildman–Crippen LogP) is 2.15. The first-order valence-corrected chi connectivity index (χ1v) is 6.16. The van der Waals surface area contributed by atoms with Crippen LogP contribution in [0, 0.1) is 5.92 Å². The van der Waals surface area contributed by atoms with Crippen molar-refractivity contribution in [3.63, 3.8) is 0 Å². The Morgan fingerprint density at radius 2 is 1.84 bits per heavy atom. The molecule has 0 fully saturated rings. The van der Waals surface area contributed by atoms with Gasteiger partial charge in [-0.25, -0.2) is 0 Å². The number of nitrogens with one attached hydrogen (secondary N) is 2. The van der Waals surface area contributed by atoms with Crippen LogP contribution in [0.25, 0.3) is 0 Å². The first kappa shape index (κ1) is 17.7. The molecule has 0 saturated heterocycles. The topological polar surface area (TPSA) is 50.4 Å². The van der Waals surface area contributed by atoms with E-state index in [1.54, 1.807) is 14.2 Å². The Labute approximate surface area is 121 Å². The lowest BCUT2D eigenvalue weighted by molar-refractivity contribution is -0.121. The minimum Gasteiger partial charge on any atom is -0.497 e. The van der Waals surface area contributed by atoms with Crippen molar-refractivity contribution in [1.29, 1.82) is 0 Å². The second kappa shape index (κ2) is 8.77. The summed E-state index contributed by atoms with van der Waals surface area (Å²) in [5.74, 6) is 1.16. The number of methoxy groups -OCH3 is 1. The fourth-order valence-electron chi connectivity index (χ4n) is 1.83. The highest BCUT2D eigenvalue weighted by Gasteiger charge is 2.17. The summed E-state index contributed by atoms with van der Waals surface area (Å²) < 4.78 is 5.13. The van der Waals surface area contributed by atoms with Crippen LogP contribution in [0.5, 0.6) is 5.75 Å². The van der Waals surface area contributed by atoms with E-state index in [1.165, 1.54) is 0 Å². The Hall–Kier alpha value is -1.26. The smallest absolute Gasteiger partial charge is 0.234 e. The van der Waals surface area contributed by atoms with Crippen molar-refractivity contribution in [2.45, 2.75) is 19.9 Å². The SMILES string of the molecule is CNCC(=O)NC(c1ccc(OC)cc1)C(C)C.Cl. The predicted molar refractivity (Wildman–Crippen MR) is 79.9 cm³/mol. The number of hydrogen-bond acceptors (Lipinski definition) is 3. The van der Waals surface area contributed by atoms with E-state index in [-0.39, 0.29) is 24.4 Å². The molecule has 0 aromatic heterocycles. The second-order valence-electron chi connectivity index (χ2n) is 4.59. The quantitative estimate of drug-likeness (QED) is 0.842. The van der Waals surface area contributed by atoms with Crippen LogP contribution in [-0.4, -0.2) is 26.6 Å². The Morgan fingerprint density at radius 1 is 1.26 bits per heavy atom. The van der Waals surface area contributed by atoms with Crippen LogP contribution < -0.4 is 15.4 Å². The summed E-state index contributed by atoms with van der Waals surface area (Å²) in [6.07, 6.45) is 0. The van der Waals surface area contributed by atoms with Crippen molar-refractivity contribution in [2.24, 2.45) is 5.92 Å². The first-order chi connectivity index (χ1) is 8.58. The number of likely N-dealkylation sites (N-methyl/N-ethyl adjacent to an activating group) is 1. The molecular formula is C14H23ClN2O2. The summed E-state index contributed by atoms with van der Waals surface area (Å²) in [5.41, 5.74) is 1.09. The number of halogens is 1. The van der Waals surface area contributed by atoms with Gasteiger partial charge in [-0.1, -0.05) is 26.0 Å².